The molecule has 0 bridgehead atoms. The van der Waals surface area contributed by atoms with Crippen molar-refractivity contribution in [2.24, 2.45) is 0 Å². The van der Waals surface area contributed by atoms with Gasteiger partial charge >= 0.3 is 5.97 Å². The van der Waals surface area contributed by atoms with Gasteiger partial charge in [-0.05, 0) is 30.5 Å². The second-order valence-corrected chi connectivity index (χ2v) is 5.49. The smallest absolute Gasteiger partial charge is 0.304 e. The summed E-state index contributed by atoms with van der Waals surface area (Å²) in [5, 5.41) is 9.04. The van der Waals surface area contributed by atoms with E-state index in [2.05, 4.69) is 0 Å². The van der Waals surface area contributed by atoms with Crippen molar-refractivity contribution in [2.75, 3.05) is 20.3 Å². The van der Waals surface area contributed by atoms with Crippen molar-refractivity contribution < 1.29 is 24.1 Å². The number of methoxy groups -OCH3 is 1. The van der Waals surface area contributed by atoms with Crippen LogP contribution in [-0.4, -0.2) is 37.5 Å². The molecule has 5 nitrogen and oxygen atoms in total. The van der Waals surface area contributed by atoms with Crippen LogP contribution in [0.4, 0.5) is 0 Å². The first-order chi connectivity index (χ1) is 9.63. The van der Waals surface area contributed by atoms with E-state index >= 15 is 0 Å². The summed E-state index contributed by atoms with van der Waals surface area (Å²) in [5.74, 6) is 0.593. The van der Waals surface area contributed by atoms with Gasteiger partial charge in [0.2, 0.25) is 0 Å². The van der Waals surface area contributed by atoms with E-state index in [4.69, 9.17) is 19.3 Å². The number of ether oxygens (including phenoxy) is 3. The number of carbonyl (C=O) groups is 1. The van der Waals surface area contributed by atoms with Crippen LogP contribution >= 0.6 is 0 Å². The van der Waals surface area contributed by atoms with Crippen LogP contribution in [0.15, 0.2) is 18.2 Å². The van der Waals surface area contributed by atoms with Crippen LogP contribution < -0.4 is 9.47 Å². The molecular formula is C15H18O5. The molecule has 1 aliphatic heterocycles. The van der Waals surface area contributed by atoms with Gasteiger partial charge in [0, 0.05) is 5.41 Å². The lowest BCUT2D eigenvalue weighted by molar-refractivity contribution is -0.137. The highest BCUT2D eigenvalue weighted by Gasteiger charge is 2.46. The normalized spacial score (nSPS) is 20.1. The van der Waals surface area contributed by atoms with E-state index in [-0.39, 0.29) is 17.9 Å². The predicted molar refractivity (Wildman–Crippen MR) is 71.4 cm³/mol. The van der Waals surface area contributed by atoms with Crippen molar-refractivity contribution in [1.82, 2.24) is 0 Å². The summed E-state index contributed by atoms with van der Waals surface area (Å²) in [6.45, 7) is 1.18. The number of carboxylic acid groups (broad SMARTS) is 1. The Morgan fingerprint density at radius 1 is 1.40 bits per heavy atom. The van der Waals surface area contributed by atoms with Crippen molar-refractivity contribution >= 4 is 5.97 Å². The minimum atomic E-state index is -0.756. The number of benzene rings is 1. The second-order valence-electron chi connectivity index (χ2n) is 5.49. The zero-order valence-corrected chi connectivity index (χ0v) is 11.4. The summed E-state index contributed by atoms with van der Waals surface area (Å²) in [6, 6.07) is 5.72. The molecule has 1 aliphatic carbocycles. The first kappa shape index (κ1) is 13.2. The Morgan fingerprint density at radius 2 is 2.15 bits per heavy atom. The molecule has 1 N–H and O–H groups in total. The van der Waals surface area contributed by atoms with E-state index in [0.717, 1.165) is 18.4 Å². The molecule has 1 saturated carbocycles. The van der Waals surface area contributed by atoms with Gasteiger partial charge in [-0.3, -0.25) is 4.79 Å². The SMILES string of the molecule is COc1ccc(C2(CC(=O)O)CC2)cc1OC1COC1. The van der Waals surface area contributed by atoms with Gasteiger partial charge < -0.3 is 19.3 Å². The largest absolute Gasteiger partial charge is 0.493 e. The maximum atomic E-state index is 11.0. The molecule has 0 unspecified atom stereocenters. The molecule has 108 valence electrons. The van der Waals surface area contributed by atoms with Gasteiger partial charge in [0.15, 0.2) is 11.5 Å². The fourth-order valence-electron chi connectivity index (χ4n) is 2.57. The summed E-state index contributed by atoms with van der Waals surface area (Å²) < 4.78 is 16.2. The molecule has 0 spiro atoms. The average molecular weight is 278 g/mol. The number of rotatable bonds is 6. The second kappa shape index (κ2) is 4.98. The number of carboxylic acids is 1. The molecule has 2 fully saturated rings. The first-order valence-electron chi connectivity index (χ1n) is 6.78. The minimum Gasteiger partial charge on any atom is -0.493 e. The Bertz CT molecular complexity index is 517. The summed E-state index contributed by atoms with van der Waals surface area (Å²) in [5.41, 5.74) is 0.808. The number of hydrogen-bond donors (Lipinski definition) is 1. The van der Waals surface area contributed by atoms with Gasteiger partial charge in [-0.1, -0.05) is 6.07 Å². The van der Waals surface area contributed by atoms with Crippen LogP contribution in [0.25, 0.3) is 0 Å². The topological polar surface area (TPSA) is 65.0 Å². The Hall–Kier alpha value is -1.75. The van der Waals surface area contributed by atoms with Gasteiger partial charge in [0.25, 0.3) is 0 Å². The van der Waals surface area contributed by atoms with E-state index in [0.29, 0.717) is 24.7 Å². The van der Waals surface area contributed by atoms with Crippen molar-refractivity contribution in [1.29, 1.82) is 0 Å². The lowest BCUT2D eigenvalue weighted by atomic mass is 9.92. The average Bonchev–Trinajstić information content (AvgIpc) is 3.13. The third-order valence-corrected chi connectivity index (χ3v) is 4.02. The van der Waals surface area contributed by atoms with E-state index in [1.165, 1.54) is 0 Å². The molecule has 0 amide bonds. The summed E-state index contributed by atoms with van der Waals surface area (Å²) in [4.78, 5) is 11.0. The zero-order chi connectivity index (χ0) is 14.2. The Balaban J connectivity index is 1.85. The van der Waals surface area contributed by atoms with Gasteiger partial charge in [0.1, 0.15) is 6.10 Å². The van der Waals surface area contributed by atoms with Gasteiger partial charge in [-0.15, -0.1) is 0 Å². The van der Waals surface area contributed by atoms with E-state index in [1.807, 2.05) is 18.2 Å². The van der Waals surface area contributed by atoms with Crippen LogP contribution in [0.1, 0.15) is 24.8 Å². The third kappa shape index (κ3) is 2.45. The van der Waals surface area contributed by atoms with Crippen LogP contribution in [-0.2, 0) is 14.9 Å². The van der Waals surface area contributed by atoms with Gasteiger partial charge in [-0.25, -0.2) is 0 Å². The highest BCUT2D eigenvalue weighted by Crippen LogP contribution is 2.52. The van der Waals surface area contributed by atoms with Crippen LogP contribution in [0, 0.1) is 0 Å². The summed E-state index contributed by atoms with van der Waals surface area (Å²) >= 11 is 0. The Kier molecular flexibility index (Phi) is 3.30. The van der Waals surface area contributed by atoms with Gasteiger partial charge in [-0.2, -0.15) is 0 Å². The maximum absolute atomic E-state index is 11.0. The van der Waals surface area contributed by atoms with Gasteiger partial charge in [0.05, 0.1) is 26.7 Å². The first-order valence-corrected chi connectivity index (χ1v) is 6.78. The fraction of sp³-hybridized carbons (Fsp3) is 0.533. The quantitative estimate of drug-likeness (QED) is 0.862. The fourth-order valence-corrected chi connectivity index (χ4v) is 2.57. The standard InChI is InChI=1S/C15H18O5/c1-18-12-3-2-10(15(4-5-15)7-14(16)17)6-13(12)20-11-8-19-9-11/h2-3,6,11H,4-5,7-9H2,1H3,(H,16,17). The lowest BCUT2D eigenvalue weighted by Crippen LogP contribution is -2.38. The maximum Gasteiger partial charge on any atom is 0.304 e. The summed E-state index contributed by atoms with van der Waals surface area (Å²) in [7, 11) is 1.60. The predicted octanol–water partition coefficient (Wildman–Crippen LogP) is 1.98. The number of hydrogen-bond acceptors (Lipinski definition) is 4. The monoisotopic (exact) mass is 278 g/mol. The molecule has 1 aromatic rings. The van der Waals surface area contributed by atoms with E-state index < -0.39 is 5.97 Å². The minimum absolute atomic E-state index is 0.0637. The molecule has 0 radical (unpaired) electrons. The summed E-state index contributed by atoms with van der Waals surface area (Å²) in [6.07, 6.45) is 2.06. The molecule has 0 atom stereocenters. The molecule has 5 heteroatoms. The highest BCUT2D eigenvalue weighted by atomic mass is 16.6. The van der Waals surface area contributed by atoms with Crippen LogP contribution in [0.3, 0.4) is 0 Å². The molecule has 3 rings (SSSR count). The highest BCUT2D eigenvalue weighted by molar-refractivity contribution is 5.70. The number of aliphatic carboxylic acids is 1. The molecule has 2 aliphatic rings. The Labute approximate surface area is 117 Å². The molecule has 1 aromatic carbocycles. The molecule has 1 heterocycles. The third-order valence-electron chi connectivity index (χ3n) is 4.02. The molecule has 20 heavy (non-hydrogen) atoms. The van der Waals surface area contributed by atoms with E-state index in [1.54, 1.807) is 7.11 Å². The van der Waals surface area contributed by atoms with E-state index in [9.17, 15) is 4.79 Å². The van der Waals surface area contributed by atoms with Crippen molar-refractivity contribution in [2.45, 2.75) is 30.8 Å². The van der Waals surface area contributed by atoms with Crippen LogP contribution in [0.5, 0.6) is 11.5 Å². The van der Waals surface area contributed by atoms with Crippen molar-refractivity contribution in [3.63, 3.8) is 0 Å². The zero-order valence-electron chi connectivity index (χ0n) is 11.4. The lowest BCUT2D eigenvalue weighted by Gasteiger charge is -2.28. The Morgan fingerprint density at radius 3 is 2.65 bits per heavy atom. The van der Waals surface area contributed by atoms with Crippen LogP contribution in [0.2, 0.25) is 0 Å². The van der Waals surface area contributed by atoms with Crippen molar-refractivity contribution in [3.05, 3.63) is 23.8 Å². The van der Waals surface area contributed by atoms with Crippen molar-refractivity contribution in [3.8, 4) is 11.5 Å². The molecular weight excluding hydrogens is 260 g/mol. The molecule has 0 aromatic heterocycles. The molecule has 1 saturated heterocycles.